The molecule has 0 bridgehead atoms. The van der Waals surface area contributed by atoms with Crippen LogP contribution in [0, 0.1) is 12.8 Å². The summed E-state index contributed by atoms with van der Waals surface area (Å²) in [6, 6.07) is 5.35. The number of aryl methyl sites for hydroxylation is 1. The second-order valence-electron chi connectivity index (χ2n) is 4.86. The van der Waals surface area contributed by atoms with E-state index < -0.39 is 0 Å². The molecule has 4 heteroatoms. The Morgan fingerprint density at radius 3 is 2.67 bits per heavy atom. The molecule has 0 aromatic heterocycles. The number of hydrogen-bond donors (Lipinski definition) is 2. The van der Waals surface area contributed by atoms with Crippen LogP contribution in [0.3, 0.4) is 0 Å². The zero-order chi connectivity index (χ0) is 13.1. The lowest BCUT2D eigenvalue weighted by molar-refractivity contribution is -0.114. The van der Waals surface area contributed by atoms with Crippen LogP contribution in [0.15, 0.2) is 18.2 Å². The maximum absolute atomic E-state index is 11.9. The molecule has 0 saturated heterocycles. The molecular formula is C14H18N2O2. The van der Waals surface area contributed by atoms with Gasteiger partial charge in [0.15, 0.2) is 0 Å². The van der Waals surface area contributed by atoms with Gasteiger partial charge in [-0.25, -0.2) is 0 Å². The molecule has 0 atom stereocenters. The lowest BCUT2D eigenvalue weighted by atomic mass is 10.1. The van der Waals surface area contributed by atoms with E-state index in [-0.39, 0.29) is 11.8 Å². The van der Waals surface area contributed by atoms with Crippen LogP contribution in [0.25, 0.3) is 0 Å². The summed E-state index contributed by atoms with van der Waals surface area (Å²) in [7, 11) is 0. The second kappa shape index (κ2) is 5.21. The normalized spacial score (nSPS) is 14.1. The molecule has 0 heterocycles. The van der Waals surface area contributed by atoms with Gasteiger partial charge in [-0.2, -0.15) is 0 Å². The number of carbonyl (C=O) groups is 2. The molecule has 0 unspecified atom stereocenters. The van der Waals surface area contributed by atoms with Crippen molar-refractivity contribution in [2.45, 2.75) is 26.7 Å². The molecule has 1 aromatic rings. The number of carbonyl (C=O) groups excluding carboxylic acids is 2. The molecule has 18 heavy (non-hydrogen) atoms. The summed E-state index contributed by atoms with van der Waals surface area (Å²) in [6.45, 7) is 4.11. The lowest BCUT2D eigenvalue weighted by Crippen LogP contribution is -2.25. The van der Waals surface area contributed by atoms with Crippen LogP contribution >= 0.6 is 0 Å². The third kappa shape index (κ3) is 3.32. The maximum Gasteiger partial charge on any atom is 0.251 e. The van der Waals surface area contributed by atoms with Crippen molar-refractivity contribution < 1.29 is 9.59 Å². The van der Waals surface area contributed by atoms with Crippen LogP contribution in [0.1, 0.15) is 35.7 Å². The Balaban J connectivity index is 2.06. The molecule has 0 spiro atoms. The minimum absolute atomic E-state index is 0.0755. The molecule has 0 aliphatic heterocycles. The van der Waals surface area contributed by atoms with Crippen LogP contribution in [0.5, 0.6) is 0 Å². The largest absolute Gasteiger partial charge is 0.352 e. The Hall–Kier alpha value is -1.84. The third-order valence-corrected chi connectivity index (χ3v) is 3.06. The van der Waals surface area contributed by atoms with Crippen LogP contribution in [0.2, 0.25) is 0 Å². The van der Waals surface area contributed by atoms with Crippen molar-refractivity contribution in [3.8, 4) is 0 Å². The molecule has 4 nitrogen and oxygen atoms in total. The van der Waals surface area contributed by atoms with E-state index in [0.29, 0.717) is 17.2 Å². The zero-order valence-electron chi connectivity index (χ0n) is 10.7. The molecule has 1 fully saturated rings. The summed E-state index contributed by atoms with van der Waals surface area (Å²) < 4.78 is 0. The van der Waals surface area contributed by atoms with Gasteiger partial charge in [-0.15, -0.1) is 0 Å². The molecular weight excluding hydrogens is 228 g/mol. The van der Waals surface area contributed by atoms with Crippen LogP contribution < -0.4 is 10.6 Å². The van der Waals surface area contributed by atoms with Crippen molar-refractivity contribution in [2.75, 3.05) is 11.9 Å². The quantitative estimate of drug-likeness (QED) is 0.854. The van der Waals surface area contributed by atoms with Gasteiger partial charge in [0.05, 0.1) is 0 Å². The fraction of sp³-hybridized carbons (Fsp3) is 0.429. The molecule has 2 rings (SSSR count). The van der Waals surface area contributed by atoms with Crippen molar-refractivity contribution in [1.82, 2.24) is 5.32 Å². The van der Waals surface area contributed by atoms with Gasteiger partial charge in [-0.3, -0.25) is 9.59 Å². The van der Waals surface area contributed by atoms with Gasteiger partial charge in [-0.1, -0.05) is 6.07 Å². The molecule has 1 saturated carbocycles. The van der Waals surface area contributed by atoms with Gasteiger partial charge in [0, 0.05) is 24.7 Å². The number of rotatable bonds is 4. The van der Waals surface area contributed by atoms with Gasteiger partial charge < -0.3 is 10.6 Å². The first-order valence-electron chi connectivity index (χ1n) is 6.22. The molecule has 1 aromatic carbocycles. The molecule has 2 N–H and O–H groups in total. The van der Waals surface area contributed by atoms with E-state index in [9.17, 15) is 9.59 Å². The van der Waals surface area contributed by atoms with Crippen molar-refractivity contribution in [2.24, 2.45) is 5.92 Å². The van der Waals surface area contributed by atoms with E-state index in [1.165, 1.54) is 19.8 Å². The number of amides is 2. The first-order chi connectivity index (χ1) is 8.56. The van der Waals surface area contributed by atoms with E-state index >= 15 is 0 Å². The first kappa shape index (κ1) is 12.6. The van der Waals surface area contributed by atoms with E-state index in [0.717, 1.165) is 12.1 Å². The van der Waals surface area contributed by atoms with E-state index in [2.05, 4.69) is 10.6 Å². The lowest BCUT2D eigenvalue weighted by Gasteiger charge is -2.09. The predicted molar refractivity (Wildman–Crippen MR) is 70.5 cm³/mol. The van der Waals surface area contributed by atoms with E-state index in [1.54, 1.807) is 12.1 Å². The fourth-order valence-electron chi connectivity index (χ4n) is 1.75. The Morgan fingerprint density at radius 2 is 2.06 bits per heavy atom. The summed E-state index contributed by atoms with van der Waals surface area (Å²) in [5.41, 5.74) is 2.23. The minimum atomic E-state index is -0.131. The minimum Gasteiger partial charge on any atom is -0.352 e. The predicted octanol–water partition coefficient (Wildman–Crippen LogP) is 2.09. The average molecular weight is 246 g/mol. The standard InChI is InChI=1S/C14H18N2O2/c1-9-3-6-12(7-13(9)16-10(2)17)14(18)15-8-11-4-5-11/h3,6-7,11H,4-5,8H2,1-2H3,(H,15,18)(H,16,17). The van der Waals surface area contributed by atoms with Gasteiger partial charge in [0.25, 0.3) is 5.91 Å². The highest BCUT2D eigenvalue weighted by Crippen LogP contribution is 2.27. The maximum atomic E-state index is 11.9. The third-order valence-electron chi connectivity index (χ3n) is 3.06. The second-order valence-corrected chi connectivity index (χ2v) is 4.86. The summed E-state index contributed by atoms with van der Waals surface area (Å²) in [4.78, 5) is 23.0. The number of anilines is 1. The highest BCUT2D eigenvalue weighted by molar-refractivity contribution is 5.97. The molecule has 1 aliphatic rings. The summed E-state index contributed by atoms with van der Waals surface area (Å²) in [6.07, 6.45) is 2.43. The Kier molecular flexibility index (Phi) is 3.65. The topological polar surface area (TPSA) is 58.2 Å². The van der Waals surface area contributed by atoms with Gasteiger partial charge in [-0.05, 0) is 43.4 Å². The Bertz CT molecular complexity index is 479. The van der Waals surface area contributed by atoms with Crippen molar-refractivity contribution in [3.05, 3.63) is 29.3 Å². The Morgan fingerprint density at radius 1 is 1.33 bits per heavy atom. The van der Waals surface area contributed by atoms with E-state index in [1.807, 2.05) is 13.0 Å². The molecule has 2 amide bonds. The summed E-state index contributed by atoms with van der Waals surface area (Å²) in [5, 5.41) is 5.64. The summed E-state index contributed by atoms with van der Waals surface area (Å²) >= 11 is 0. The van der Waals surface area contributed by atoms with Crippen LogP contribution in [-0.4, -0.2) is 18.4 Å². The SMILES string of the molecule is CC(=O)Nc1cc(C(=O)NCC2CC2)ccc1C. The monoisotopic (exact) mass is 246 g/mol. The molecule has 96 valence electrons. The highest BCUT2D eigenvalue weighted by atomic mass is 16.2. The van der Waals surface area contributed by atoms with Crippen molar-refractivity contribution in [3.63, 3.8) is 0 Å². The van der Waals surface area contributed by atoms with Gasteiger partial charge in [0.1, 0.15) is 0 Å². The average Bonchev–Trinajstić information content (AvgIpc) is 3.12. The Labute approximate surface area is 107 Å². The van der Waals surface area contributed by atoms with Crippen LogP contribution in [-0.2, 0) is 4.79 Å². The first-order valence-corrected chi connectivity index (χ1v) is 6.22. The molecule has 1 aliphatic carbocycles. The molecule has 0 radical (unpaired) electrons. The number of nitrogens with one attached hydrogen (secondary N) is 2. The van der Waals surface area contributed by atoms with Gasteiger partial charge >= 0.3 is 0 Å². The van der Waals surface area contributed by atoms with Crippen molar-refractivity contribution in [1.29, 1.82) is 0 Å². The number of benzene rings is 1. The highest BCUT2D eigenvalue weighted by Gasteiger charge is 2.21. The fourth-order valence-corrected chi connectivity index (χ4v) is 1.75. The smallest absolute Gasteiger partial charge is 0.251 e. The zero-order valence-corrected chi connectivity index (χ0v) is 10.7. The van der Waals surface area contributed by atoms with Crippen LogP contribution in [0.4, 0.5) is 5.69 Å². The number of hydrogen-bond acceptors (Lipinski definition) is 2. The van der Waals surface area contributed by atoms with Gasteiger partial charge in [0.2, 0.25) is 5.91 Å². The van der Waals surface area contributed by atoms with Crippen molar-refractivity contribution >= 4 is 17.5 Å². The van der Waals surface area contributed by atoms with E-state index in [4.69, 9.17) is 0 Å². The summed E-state index contributed by atoms with van der Waals surface area (Å²) in [5.74, 6) is 0.455.